The zero-order chi connectivity index (χ0) is 15.4. The predicted molar refractivity (Wildman–Crippen MR) is 79.1 cm³/mol. The van der Waals surface area contributed by atoms with Crippen molar-refractivity contribution in [1.82, 2.24) is 0 Å². The van der Waals surface area contributed by atoms with Crippen molar-refractivity contribution in [3.8, 4) is 11.5 Å². The minimum Gasteiger partial charge on any atom is -0.493 e. The van der Waals surface area contributed by atoms with Crippen molar-refractivity contribution in [2.75, 3.05) is 7.11 Å². The maximum atomic E-state index is 13.8. The first-order valence-corrected chi connectivity index (χ1v) is 6.70. The van der Waals surface area contributed by atoms with E-state index < -0.39 is 5.82 Å². The molecule has 0 atom stereocenters. The maximum Gasteiger partial charge on any atom is 0.172 e. The first-order valence-electron chi connectivity index (χ1n) is 5.95. The number of rotatable bonds is 5. The van der Waals surface area contributed by atoms with E-state index in [1.807, 2.05) is 0 Å². The van der Waals surface area contributed by atoms with Crippen LogP contribution in [0.5, 0.6) is 11.5 Å². The van der Waals surface area contributed by atoms with Gasteiger partial charge in [0.25, 0.3) is 0 Å². The molecule has 2 aromatic carbocycles. The minimum absolute atomic E-state index is 0.00906. The first-order chi connectivity index (χ1) is 10.1. The maximum absolute atomic E-state index is 13.8. The van der Waals surface area contributed by atoms with Crippen LogP contribution in [0.15, 0.2) is 30.3 Å². The Hall–Kier alpha value is -1.78. The lowest BCUT2D eigenvalue weighted by molar-refractivity contribution is 0.111. The van der Waals surface area contributed by atoms with E-state index in [-0.39, 0.29) is 28.5 Å². The van der Waals surface area contributed by atoms with Crippen LogP contribution in [0.2, 0.25) is 10.0 Å². The molecule has 2 rings (SSSR count). The highest BCUT2D eigenvalue weighted by Crippen LogP contribution is 2.34. The lowest BCUT2D eigenvalue weighted by Crippen LogP contribution is -2.03. The predicted octanol–water partition coefficient (Wildman–Crippen LogP) is 4.53. The van der Waals surface area contributed by atoms with Gasteiger partial charge in [-0.1, -0.05) is 35.3 Å². The number of hydrogen-bond donors (Lipinski definition) is 0. The van der Waals surface area contributed by atoms with Gasteiger partial charge in [0.2, 0.25) is 0 Å². The molecule has 0 fully saturated rings. The van der Waals surface area contributed by atoms with Crippen LogP contribution < -0.4 is 9.47 Å². The van der Waals surface area contributed by atoms with Crippen LogP contribution in [0.25, 0.3) is 0 Å². The van der Waals surface area contributed by atoms with E-state index in [9.17, 15) is 9.18 Å². The summed E-state index contributed by atoms with van der Waals surface area (Å²) in [5.41, 5.74) is 0.498. The molecule has 0 spiro atoms. The minimum atomic E-state index is -0.556. The van der Waals surface area contributed by atoms with Gasteiger partial charge in [-0.2, -0.15) is 0 Å². The number of ether oxygens (including phenoxy) is 2. The lowest BCUT2D eigenvalue weighted by atomic mass is 10.2. The molecule has 0 aliphatic carbocycles. The lowest BCUT2D eigenvalue weighted by Gasteiger charge is -2.13. The van der Waals surface area contributed by atoms with Crippen molar-refractivity contribution in [3.63, 3.8) is 0 Å². The molecule has 110 valence electrons. The van der Waals surface area contributed by atoms with Crippen LogP contribution in [0.3, 0.4) is 0 Å². The number of carbonyl (C=O) groups excluding carboxylic acids is 1. The van der Waals surface area contributed by atoms with Gasteiger partial charge in [0.15, 0.2) is 17.8 Å². The average Bonchev–Trinajstić information content (AvgIpc) is 2.48. The number of methoxy groups -OCH3 is 1. The summed E-state index contributed by atoms with van der Waals surface area (Å²) in [6.45, 7) is -0.0920. The molecule has 6 heteroatoms. The molecule has 2 aromatic rings. The molecule has 0 heterocycles. The Morgan fingerprint density at radius 1 is 1.29 bits per heavy atom. The van der Waals surface area contributed by atoms with Crippen molar-refractivity contribution in [2.24, 2.45) is 0 Å². The summed E-state index contributed by atoms with van der Waals surface area (Å²) in [4.78, 5) is 11.1. The molecule has 0 bridgehead atoms. The molecular weight excluding hydrogens is 318 g/mol. The van der Waals surface area contributed by atoms with Crippen LogP contribution in [-0.4, -0.2) is 13.4 Å². The molecule has 0 saturated carbocycles. The van der Waals surface area contributed by atoms with E-state index in [0.717, 1.165) is 0 Å². The zero-order valence-electron chi connectivity index (χ0n) is 11.0. The number of aldehydes is 1. The fourth-order valence-electron chi connectivity index (χ4n) is 1.79. The largest absolute Gasteiger partial charge is 0.493 e. The summed E-state index contributed by atoms with van der Waals surface area (Å²) in [5, 5.41) is 0.352. The normalized spacial score (nSPS) is 10.3. The van der Waals surface area contributed by atoms with Gasteiger partial charge >= 0.3 is 0 Å². The Kier molecular flexibility index (Phi) is 5.04. The third-order valence-electron chi connectivity index (χ3n) is 2.80. The Morgan fingerprint density at radius 2 is 2.05 bits per heavy atom. The molecule has 21 heavy (non-hydrogen) atoms. The van der Waals surface area contributed by atoms with Crippen molar-refractivity contribution in [2.45, 2.75) is 6.61 Å². The average molecular weight is 329 g/mol. The molecule has 0 aliphatic heterocycles. The molecular formula is C15H11Cl2FO3. The van der Waals surface area contributed by atoms with Crippen LogP contribution >= 0.6 is 23.2 Å². The Labute approximate surface area is 131 Å². The third kappa shape index (κ3) is 3.46. The Morgan fingerprint density at radius 3 is 2.71 bits per heavy atom. The number of halogens is 3. The second kappa shape index (κ2) is 6.78. The van der Waals surface area contributed by atoms with Gasteiger partial charge in [-0.15, -0.1) is 0 Å². The fraction of sp³-hybridized carbons (Fsp3) is 0.133. The highest BCUT2D eigenvalue weighted by atomic mass is 35.5. The van der Waals surface area contributed by atoms with E-state index in [2.05, 4.69) is 0 Å². The van der Waals surface area contributed by atoms with Gasteiger partial charge in [0, 0.05) is 16.7 Å². The van der Waals surface area contributed by atoms with Crippen LogP contribution in [0.4, 0.5) is 4.39 Å². The van der Waals surface area contributed by atoms with Gasteiger partial charge in [-0.05, 0) is 12.1 Å². The number of benzene rings is 2. The van der Waals surface area contributed by atoms with E-state index in [1.165, 1.54) is 25.3 Å². The van der Waals surface area contributed by atoms with Crippen molar-refractivity contribution in [3.05, 3.63) is 57.3 Å². The molecule has 0 radical (unpaired) electrons. The Balaban J connectivity index is 2.31. The summed E-state index contributed by atoms with van der Waals surface area (Å²) in [5.74, 6) is -0.0527. The number of hydrogen-bond acceptors (Lipinski definition) is 3. The van der Waals surface area contributed by atoms with Gasteiger partial charge in [-0.3, -0.25) is 4.79 Å². The van der Waals surface area contributed by atoms with E-state index in [4.69, 9.17) is 32.7 Å². The summed E-state index contributed by atoms with van der Waals surface area (Å²) in [6, 6.07) is 7.56. The van der Waals surface area contributed by atoms with Gasteiger partial charge in [0.05, 0.1) is 17.7 Å². The molecule has 0 amide bonds. The van der Waals surface area contributed by atoms with Gasteiger partial charge < -0.3 is 9.47 Å². The first kappa shape index (κ1) is 15.6. The molecule has 0 aromatic heterocycles. The highest BCUT2D eigenvalue weighted by Gasteiger charge is 2.14. The summed E-state index contributed by atoms with van der Waals surface area (Å²) < 4.78 is 24.4. The second-order valence-corrected chi connectivity index (χ2v) is 4.99. The summed E-state index contributed by atoms with van der Waals surface area (Å²) >= 11 is 11.6. The quantitative estimate of drug-likeness (QED) is 0.756. The molecule has 0 N–H and O–H groups in total. The summed E-state index contributed by atoms with van der Waals surface area (Å²) in [6.07, 6.45) is 0.595. The Bertz CT molecular complexity index is 674. The molecule has 3 nitrogen and oxygen atoms in total. The van der Waals surface area contributed by atoms with Gasteiger partial charge in [0.1, 0.15) is 12.4 Å². The van der Waals surface area contributed by atoms with Crippen molar-refractivity contribution >= 4 is 29.5 Å². The highest BCUT2D eigenvalue weighted by molar-refractivity contribution is 6.31. The smallest absolute Gasteiger partial charge is 0.172 e. The topological polar surface area (TPSA) is 35.5 Å². The van der Waals surface area contributed by atoms with Crippen molar-refractivity contribution in [1.29, 1.82) is 0 Å². The standard InChI is InChI=1S/C15H11Cl2FO3/c1-20-13-6-11(16)5-10(7-19)15(13)21-8-9-3-2-4-12(17)14(9)18/h2-7H,8H2,1H3. The fourth-order valence-corrected chi connectivity index (χ4v) is 2.20. The van der Waals surface area contributed by atoms with Gasteiger partial charge in [-0.25, -0.2) is 4.39 Å². The van der Waals surface area contributed by atoms with Crippen LogP contribution in [-0.2, 0) is 6.61 Å². The number of carbonyl (C=O) groups is 1. The SMILES string of the molecule is COc1cc(Cl)cc(C=O)c1OCc1cccc(Cl)c1F. The van der Waals surface area contributed by atoms with E-state index in [1.54, 1.807) is 12.1 Å². The summed E-state index contributed by atoms with van der Waals surface area (Å²) in [7, 11) is 1.42. The van der Waals surface area contributed by atoms with E-state index in [0.29, 0.717) is 17.1 Å². The molecule has 0 saturated heterocycles. The van der Waals surface area contributed by atoms with Crippen LogP contribution in [0, 0.1) is 5.82 Å². The van der Waals surface area contributed by atoms with Crippen LogP contribution in [0.1, 0.15) is 15.9 Å². The molecule has 0 aliphatic rings. The third-order valence-corrected chi connectivity index (χ3v) is 3.31. The van der Waals surface area contributed by atoms with Crippen molar-refractivity contribution < 1.29 is 18.7 Å². The second-order valence-electron chi connectivity index (χ2n) is 4.15. The van der Waals surface area contributed by atoms with E-state index >= 15 is 0 Å². The molecule has 0 unspecified atom stereocenters. The zero-order valence-corrected chi connectivity index (χ0v) is 12.5. The monoisotopic (exact) mass is 328 g/mol.